The summed E-state index contributed by atoms with van der Waals surface area (Å²) in [5.74, 6) is 0.759. The van der Waals surface area contributed by atoms with Crippen LogP contribution < -0.4 is 14.8 Å². The zero-order valence-corrected chi connectivity index (χ0v) is 16.5. The number of piperidine rings is 1. The van der Waals surface area contributed by atoms with E-state index in [1.165, 1.54) is 0 Å². The molecule has 4 rings (SSSR count). The average Bonchev–Trinajstić information content (AvgIpc) is 3.18. The fraction of sp³-hybridized carbons (Fsp3) is 0.500. The Morgan fingerprint density at radius 2 is 2.14 bits per heavy atom. The molecule has 1 atom stereocenters. The lowest BCUT2D eigenvalue weighted by molar-refractivity contribution is -0.122. The molecular weight excluding hydrogens is 374 g/mol. The molecule has 0 spiro atoms. The number of hydrogen-bond donors (Lipinski definition) is 1. The highest BCUT2D eigenvalue weighted by Crippen LogP contribution is 2.33. The molecule has 1 saturated heterocycles. The van der Waals surface area contributed by atoms with Gasteiger partial charge < -0.3 is 19.7 Å². The molecule has 0 aliphatic carbocycles. The number of nitrogens with zero attached hydrogens (tertiary/aromatic N) is 4. The van der Waals surface area contributed by atoms with Crippen molar-refractivity contribution in [1.29, 1.82) is 0 Å². The summed E-state index contributed by atoms with van der Waals surface area (Å²) in [7, 11) is 1.55. The number of aromatic nitrogens is 3. The summed E-state index contributed by atoms with van der Waals surface area (Å²) in [6.07, 6.45) is 4.58. The maximum absolute atomic E-state index is 13.3. The number of ether oxygens (including phenoxy) is 2. The highest BCUT2D eigenvalue weighted by atomic mass is 16.5. The second-order valence-corrected chi connectivity index (χ2v) is 7.36. The molecule has 0 saturated carbocycles. The fourth-order valence-corrected chi connectivity index (χ4v) is 3.81. The molecule has 2 amide bonds. The highest BCUT2D eigenvalue weighted by Gasteiger charge is 2.28. The van der Waals surface area contributed by atoms with Gasteiger partial charge in [-0.2, -0.15) is 0 Å². The van der Waals surface area contributed by atoms with Crippen molar-refractivity contribution in [2.45, 2.75) is 44.9 Å². The molecule has 9 heteroatoms. The minimum Gasteiger partial charge on any atom is -0.493 e. The van der Waals surface area contributed by atoms with Crippen molar-refractivity contribution in [1.82, 2.24) is 25.2 Å². The second-order valence-electron chi connectivity index (χ2n) is 7.36. The molecule has 2 aliphatic rings. The van der Waals surface area contributed by atoms with Gasteiger partial charge in [-0.15, -0.1) is 5.10 Å². The standard InChI is InChI=1S/C20H25N5O4/c1-28-17-7-2-6-16-19(17)29-13-15-12-25(23-22-15)10-4-8-18(26)21-14-5-3-9-24(11-14)20(16)27/h2,6-7,12,14H,3-5,8-11,13H2,1H3,(H,21,26). The number of para-hydroxylation sites is 1. The summed E-state index contributed by atoms with van der Waals surface area (Å²) in [6.45, 7) is 1.92. The summed E-state index contributed by atoms with van der Waals surface area (Å²) in [5, 5.41) is 11.3. The number of rotatable bonds is 1. The van der Waals surface area contributed by atoms with Crippen molar-refractivity contribution in [3.8, 4) is 11.5 Å². The van der Waals surface area contributed by atoms with E-state index in [0.29, 0.717) is 55.2 Å². The Kier molecular flexibility index (Phi) is 5.64. The Bertz CT molecular complexity index is 897. The number of hydrogen-bond acceptors (Lipinski definition) is 6. The predicted octanol–water partition coefficient (Wildman–Crippen LogP) is 1.38. The first-order valence-corrected chi connectivity index (χ1v) is 9.91. The molecule has 2 aliphatic heterocycles. The quantitative estimate of drug-likeness (QED) is 0.778. The van der Waals surface area contributed by atoms with Gasteiger partial charge in [-0.05, 0) is 31.4 Å². The zero-order valence-electron chi connectivity index (χ0n) is 16.5. The molecule has 3 heterocycles. The number of carbonyl (C=O) groups excluding carboxylic acids is 2. The predicted molar refractivity (Wildman–Crippen MR) is 104 cm³/mol. The van der Waals surface area contributed by atoms with Crippen molar-refractivity contribution in [3.05, 3.63) is 35.7 Å². The van der Waals surface area contributed by atoms with E-state index in [-0.39, 0.29) is 24.5 Å². The Morgan fingerprint density at radius 1 is 1.24 bits per heavy atom. The van der Waals surface area contributed by atoms with Crippen LogP contribution in [-0.2, 0) is 17.9 Å². The van der Waals surface area contributed by atoms with E-state index in [1.807, 2.05) is 0 Å². The number of nitrogens with one attached hydrogen (secondary N) is 1. The van der Waals surface area contributed by atoms with E-state index in [2.05, 4.69) is 15.6 Å². The largest absolute Gasteiger partial charge is 0.493 e. The Morgan fingerprint density at radius 3 is 3.00 bits per heavy atom. The van der Waals surface area contributed by atoms with Crippen LogP contribution >= 0.6 is 0 Å². The highest BCUT2D eigenvalue weighted by molar-refractivity contribution is 5.98. The van der Waals surface area contributed by atoms with Crippen molar-refractivity contribution >= 4 is 11.8 Å². The van der Waals surface area contributed by atoms with Gasteiger partial charge in [0.15, 0.2) is 11.5 Å². The van der Waals surface area contributed by atoms with Gasteiger partial charge in [-0.3, -0.25) is 14.3 Å². The van der Waals surface area contributed by atoms with Crippen molar-refractivity contribution in [2.75, 3.05) is 20.2 Å². The van der Waals surface area contributed by atoms with Crippen LogP contribution in [0.2, 0.25) is 0 Å². The molecule has 4 bridgehead atoms. The third-order valence-electron chi connectivity index (χ3n) is 5.24. The SMILES string of the molecule is COc1cccc2c1OCc1cn(nn1)CCCC(=O)NC1CCCN(C1)C2=O. The number of carbonyl (C=O) groups is 2. The molecule has 1 fully saturated rings. The van der Waals surface area contributed by atoms with E-state index >= 15 is 0 Å². The lowest BCUT2D eigenvalue weighted by Gasteiger charge is -2.33. The summed E-state index contributed by atoms with van der Waals surface area (Å²) < 4.78 is 13.1. The summed E-state index contributed by atoms with van der Waals surface area (Å²) in [4.78, 5) is 27.3. The molecule has 1 aromatic carbocycles. The van der Waals surface area contributed by atoms with Gasteiger partial charge in [0.25, 0.3) is 5.91 Å². The number of fused-ring (bicyclic) bond motifs is 5. The smallest absolute Gasteiger partial charge is 0.257 e. The average molecular weight is 399 g/mol. The van der Waals surface area contributed by atoms with E-state index in [1.54, 1.807) is 41.1 Å². The maximum atomic E-state index is 13.3. The van der Waals surface area contributed by atoms with Gasteiger partial charge in [-0.1, -0.05) is 11.3 Å². The lowest BCUT2D eigenvalue weighted by Crippen LogP contribution is -2.49. The maximum Gasteiger partial charge on any atom is 0.257 e. The normalized spacial score (nSPS) is 20.4. The van der Waals surface area contributed by atoms with Crippen LogP contribution in [0.25, 0.3) is 0 Å². The third-order valence-corrected chi connectivity index (χ3v) is 5.24. The van der Waals surface area contributed by atoms with Gasteiger partial charge in [0.1, 0.15) is 12.3 Å². The zero-order chi connectivity index (χ0) is 20.2. The molecule has 2 aromatic rings. The first-order chi connectivity index (χ1) is 14.1. The van der Waals surface area contributed by atoms with Gasteiger partial charge in [0, 0.05) is 32.1 Å². The van der Waals surface area contributed by atoms with Crippen LogP contribution in [0.4, 0.5) is 0 Å². The van der Waals surface area contributed by atoms with Crippen LogP contribution in [0.15, 0.2) is 24.4 Å². The molecule has 1 unspecified atom stereocenters. The molecule has 29 heavy (non-hydrogen) atoms. The minimum atomic E-state index is -0.131. The summed E-state index contributed by atoms with van der Waals surface area (Å²) in [6, 6.07) is 5.24. The topological polar surface area (TPSA) is 98.6 Å². The van der Waals surface area contributed by atoms with E-state index in [9.17, 15) is 9.59 Å². The van der Waals surface area contributed by atoms with Crippen LogP contribution in [0.1, 0.15) is 41.7 Å². The van der Waals surface area contributed by atoms with Crippen molar-refractivity contribution in [2.24, 2.45) is 0 Å². The minimum absolute atomic E-state index is 0.00198. The molecule has 1 aromatic heterocycles. The monoisotopic (exact) mass is 399 g/mol. The molecular formula is C20H25N5O4. The number of aryl methyl sites for hydroxylation is 1. The first-order valence-electron chi connectivity index (χ1n) is 9.91. The van der Waals surface area contributed by atoms with Crippen LogP contribution in [0, 0.1) is 0 Å². The molecule has 9 nitrogen and oxygen atoms in total. The van der Waals surface area contributed by atoms with Crippen LogP contribution in [0.3, 0.4) is 0 Å². The van der Waals surface area contributed by atoms with E-state index in [0.717, 1.165) is 12.8 Å². The first kappa shape index (κ1) is 19.2. The van der Waals surface area contributed by atoms with Crippen LogP contribution in [0.5, 0.6) is 11.5 Å². The molecule has 154 valence electrons. The molecule has 0 radical (unpaired) electrons. The van der Waals surface area contributed by atoms with Gasteiger partial charge in [-0.25, -0.2) is 0 Å². The number of amides is 2. The third kappa shape index (κ3) is 4.33. The number of benzene rings is 1. The lowest BCUT2D eigenvalue weighted by atomic mass is 10.0. The Hall–Kier alpha value is -3.10. The van der Waals surface area contributed by atoms with Crippen LogP contribution in [-0.4, -0.2) is 57.9 Å². The number of methoxy groups -OCH3 is 1. The molecule has 1 N–H and O–H groups in total. The van der Waals surface area contributed by atoms with Crippen molar-refractivity contribution in [3.63, 3.8) is 0 Å². The Labute approximate surface area is 169 Å². The van der Waals surface area contributed by atoms with Gasteiger partial charge in [0.2, 0.25) is 5.91 Å². The van der Waals surface area contributed by atoms with E-state index in [4.69, 9.17) is 9.47 Å². The second kappa shape index (κ2) is 8.50. The summed E-state index contributed by atoms with van der Waals surface area (Å²) in [5.41, 5.74) is 1.08. The van der Waals surface area contributed by atoms with E-state index < -0.39 is 0 Å². The van der Waals surface area contributed by atoms with Gasteiger partial charge >= 0.3 is 0 Å². The fourth-order valence-electron chi connectivity index (χ4n) is 3.81. The van der Waals surface area contributed by atoms with Gasteiger partial charge in [0.05, 0.1) is 18.9 Å². The summed E-state index contributed by atoms with van der Waals surface area (Å²) >= 11 is 0. The van der Waals surface area contributed by atoms with Crippen molar-refractivity contribution < 1.29 is 19.1 Å². The Balaban J connectivity index is 1.67.